The Morgan fingerprint density at radius 1 is 1.42 bits per heavy atom. The predicted molar refractivity (Wildman–Crippen MR) is 98.9 cm³/mol. The van der Waals surface area contributed by atoms with Crippen molar-refractivity contribution in [1.82, 2.24) is 4.90 Å². The molecule has 0 saturated carbocycles. The molecule has 1 atom stereocenters. The van der Waals surface area contributed by atoms with Gasteiger partial charge in [0, 0.05) is 5.56 Å². The normalized spacial score (nSPS) is 17.7. The van der Waals surface area contributed by atoms with Crippen LogP contribution in [0.4, 0.5) is 0 Å². The summed E-state index contributed by atoms with van der Waals surface area (Å²) in [5, 5.41) is 9.47. The van der Waals surface area contributed by atoms with E-state index in [9.17, 15) is 14.7 Å². The van der Waals surface area contributed by atoms with E-state index in [2.05, 4.69) is 0 Å². The molecule has 0 aliphatic carbocycles. The largest absolute Gasteiger partial charge is 0.496 e. The summed E-state index contributed by atoms with van der Waals surface area (Å²) in [6, 6.07) is 6.36. The van der Waals surface area contributed by atoms with E-state index >= 15 is 0 Å². The fourth-order valence-electron chi connectivity index (χ4n) is 2.44. The molecule has 7 heteroatoms. The summed E-state index contributed by atoms with van der Waals surface area (Å²) in [5.41, 5.74) is 0.747. The number of benzene rings is 1. The Labute approximate surface area is 150 Å². The number of aliphatic carboxylic acids is 1. The molecule has 1 unspecified atom stereocenters. The molecule has 0 radical (unpaired) electrons. The Hall–Kier alpha value is -1.86. The van der Waals surface area contributed by atoms with E-state index in [1.54, 1.807) is 19.3 Å². The maximum atomic E-state index is 12.7. The zero-order chi connectivity index (χ0) is 17.9. The second kappa shape index (κ2) is 7.81. The third-order valence-corrected chi connectivity index (χ3v) is 4.87. The molecule has 1 N–H and O–H groups in total. The number of ether oxygens (including phenoxy) is 1. The van der Waals surface area contributed by atoms with Crippen LogP contribution in [0.3, 0.4) is 0 Å². The van der Waals surface area contributed by atoms with E-state index < -0.39 is 12.0 Å². The highest BCUT2D eigenvalue weighted by atomic mass is 32.2. The zero-order valence-corrected chi connectivity index (χ0v) is 15.3. The summed E-state index contributed by atoms with van der Waals surface area (Å²) < 4.78 is 5.55. The number of carbonyl (C=O) groups is 2. The molecule has 24 heavy (non-hydrogen) atoms. The smallest absolute Gasteiger partial charge is 0.326 e. The van der Waals surface area contributed by atoms with E-state index in [1.165, 1.54) is 4.90 Å². The molecule has 1 aliphatic heterocycles. The number of thioether (sulfide) groups is 1. The van der Waals surface area contributed by atoms with Crippen LogP contribution in [0.25, 0.3) is 6.08 Å². The first kappa shape index (κ1) is 18.5. The molecule has 0 spiro atoms. The number of nitrogens with zero attached hydrogens (tertiary/aromatic N) is 1. The Morgan fingerprint density at radius 2 is 2.08 bits per heavy atom. The second-order valence-electron chi connectivity index (χ2n) is 5.78. The Balaban J connectivity index is 2.34. The molecule has 1 saturated heterocycles. The summed E-state index contributed by atoms with van der Waals surface area (Å²) >= 11 is 6.37. The van der Waals surface area contributed by atoms with Crippen LogP contribution in [0.1, 0.15) is 25.8 Å². The SMILES string of the molecule is COc1ccccc1/C=C1\SC(=S)N(C(CC(C)C)C(=O)O)C1=O. The van der Waals surface area contributed by atoms with Gasteiger partial charge in [-0.05, 0) is 24.5 Å². The summed E-state index contributed by atoms with van der Waals surface area (Å²) in [6.07, 6.45) is 2.04. The zero-order valence-electron chi connectivity index (χ0n) is 13.7. The topological polar surface area (TPSA) is 66.8 Å². The standard InChI is InChI=1S/C17H19NO4S2/c1-10(2)8-12(16(20)21)18-15(19)14(24-17(18)23)9-11-6-4-5-7-13(11)22-3/h4-7,9-10,12H,8H2,1-3H3,(H,20,21)/b14-9-. The molecular weight excluding hydrogens is 346 g/mol. The van der Waals surface area contributed by atoms with Gasteiger partial charge in [0.25, 0.3) is 5.91 Å². The van der Waals surface area contributed by atoms with Crippen LogP contribution in [0.15, 0.2) is 29.2 Å². The van der Waals surface area contributed by atoms with E-state index in [0.717, 1.165) is 17.3 Å². The van der Waals surface area contributed by atoms with Crippen LogP contribution in [0, 0.1) is 5.92 Å². The average Bonchev–Trinajstić information content (AvgIpc) is 2.79. The summed E-state index contributed by atoms with van der Waals surface area (Å²) in [5.74, 6) is -0.642. The van der Waals surface area contributed by atoms with Crippen LogP contribution < -0.4 is 4.74 Å². The van der Waals surface area contributed by atoms with Crippen molar-refractivity contribution < 1.29 is 19.4 Å². The fraction of sp³-hybridized carbons (Fsp3) is 0.353. The highest BCUT2D eigenvalue weighted by Gasteiger charge is 2.40. The van der Waals surface area contributed by atoms with Crippen LogP contribution in [0.5, 0.6) is 5.75 Å². The summed E-state index contributed by atoms with van der Waals surface area (Å²) in [7, 11) is 1.56. The molecule has 1 fully saturated rings. The number of carboxylic acids is 1. The molecule has 1 amide bonds. The number of rotatable bonds is 6. The number of carbonyl (C=O) groups excluding carboxylic acids is 1. The number of thiocarbonyl (C=S) groups is 1. The lowest BCUT2D eigenvalue weighted by molar-refractivity contribution is -0.145. The van der Waals surface area contributed by atoms with Crippen molar-refractivity contribution in [3.63, 3.8) is 0 Å². The van der Waals surface area contributed by atoms with Crippen molar-refractivity contribution in [2.45, 2.75) is 26.3 Å². The first-order chi connectivity index (χ1) is 11.3. The van der Waals surface area contributed by atoms with Gasteiger partial charge in [0.15, 0.2) is 0 Å². The lowest BCUT2D eigenvalue weighted by Crippen LogP contribution is -2.44. The van der Waals surface area contributed by atoms with Gasteiger partial charge >= 0.3 is 5.97 Å². The number of para-hydroxylation sites is 1. The molecular formula is C17H19NO4S2. The molecule has 1 aromatic carbocycles. The minimum absolute atomic E-state index is 0.133. The number of hydrogen-bond donors (Lipinski definition) is 1. The van der Waals surface area contributed by atoms with Gasteiger partial charge in [-0.25, -0.2) is 4.79 Å². The van der Waals surface area contributed by atoms with Gasteiger partial charge < -0.3 is 9.84 Å². The quantitative estimate of drug-likeness (QED) is 0.616. The maximum absolute atomic E-state index is 12.7. The van der Waals surface area contributed by atoms with E-state index in [1.807, 2.05) is 32.0 Å². The molecule has 1 aliphatic rings. The molecule has 0 bridgehead atoms. The molecule has 5 nitrogen and oxygen atoms in total. The summed E-state index contributed by atoms with van der Waals surface area (Å²) in [4.78, 5) is 25.9. The third-order valence-electron chi connectivity index (χ3n) is 3.54. The predicted octanol–water partition coefficient (Wildman–Crippen LogP) is 3.40. The molecule has 1 aromatic rings. The molecule has 1 heterocycles. The lowest BCUT2D eigenvalue weighted by atomic mass is 10.0. The van der Waals surface area contributed by atoms with Crippen molar-refractivity contribution in [2.75, 3.05) is 7.11 Å². The minimum Gasteiger partial charge on any atom is -0.496 e. The van der Waals surface area contributed by atoms with Gasteiger partial charge in [-0.3, -0.25) is 9.69 Å². The first-order valence-electron chi connectivity index (χ1n) is 7.48. The van der Waals surface area contributed by atoms with E-state index in [-0.39, 0.29) is 16.1 Å². The van der Waals surface area contributed by atoms with E-state index in [0.29, 0.717) is 17.1 Å². The lowest BCUT2D eigenvalue weighted by Gasteiger charge is -2.24. The van der Waals surface area contributed by atoms with Gasteiger partial charge in [0.2, 0.25) is 0 Å². The summed E-state index contributed by atoms with van der Waals surface area (Å²) in [6.45, 7) is 3.83. The molecule has 2 rings (SSSR count). The third kappa shape index (κ3) is 3.96. The van der Waals surface area contributed by atoms with Crippen LogP contribution >= 0.6 is 24.0 Å². The number of amides is 1. The van der Waals surface area contributed by atoms with Crippen LogP contribution in [-0.2, 0) is 9.59 Å². The highest BCUT2D eigenvalue weighted by molar-refractivity contribution is 8.26. The number of hydrogen-bond acceptors (Lipinski definition) is 5. The van der Waals surface area contributed by atoms with E-state index in [4.69, 9.17) is 17.0 Å². The van der Waals surface area contributed by atoms with Gasteiger partial charge in [-0.2, -0.15) is 0 Å². The Kier molecular flexibility index (Phi) is 6.01. The van der Waals surface area contributed by atoms with Crippen molar-refractivity contribution in [1.29, 1.82) is 0 Å². The first-order valence-corrected chi connectivity index (χ1v) is 8.70. The van der Waals surface area contributed by atoms with Gasteiger partial charge in [-0.1, -0.05) is 56.0 Å². The maximum Gasteiger partial charge on any atom is 0.326 e. The van der Waals surface area contributed by atoms with Gasteiger partial charge in [-0.15, -0.1) is 0 Å². The molecule has 128 valence electrons. The van der Waals surface area contributed by atoms with Crippen molar-refractivity contribution >= 4 is 46.3 Å². The number of carboxylic acid groups (broad SMARTS) is 1. The van der Waals surface area contributed by atoms with Gasteiger partial charge in [0.1, 0.15) is 16.1 Å². The fourth-order valence-corrected chi connectivity index (χ4v) is 3.79. The Morgan fingerprint density at radius 3 is 2.67 bits per heavy atom. The number of methoxy groups -OCH3 is 1. The van der Waals surface area contributed by atoms with Crippen molar-refractivity contribution in [2.24, 2.45) is 5.92 Å². The van der Waals surface area contributed by atoms with Gasteiger partial charge in [0.05, 0.1) is 12.0 Å². The van der Waals surface area contributed by atoms with Crippen molar-refractivity contribution in [3.05, 3.63) is 34.7 Å². The van der Waals surface area contributed by atoms with Crippen LogP contribution in [-0.4, -0.2) is 39.4 Å². The Bertz CT molecular complexity index is 700. The highest BCUT2D eigenvalue weighted by Crippen LogP contribution is 2.36. The molecule has 0 aromatic heterocycles. The van der Waals surface area contributed by atoms with Crippen molar-refractivity contribution in [3.8, 4) is 5.75 Å². The monoisotopic (exact) mass is 365 g/mol. The second-order valence-corrected chi connectivity index (χ2v) is 7.45. The van der Waals surface area contributed by atoms with Crippen LogP contribution in [0.2, 0.25) is 0 Å². The minimum atomic E-state index is -1.04. The average molecular weight is 365 g/mol.